The Labute approximate surface area is 121 Å². The van der Waals surface area contributed by atoms with Gasteiger partial charge in [0.15, 0.2) is 5.84 Å². The van der Waals surface area contributed by atoms with Gasteiger partial charge in [0.1, 0.15) is 5.41 Å². The molecule has 0 aromatic rings. The van der Waals surface area contributed by atoms with Gasteiger partial charge in [-0.05, 0) is 37.5 Å². The SMILES string of the molecule is CC1CC(C(=O)NCCCC2CCCC2)(C(N)=NO)C1. The van der Waals surface area contributed by atoms with Crippen LogP contribution in [0, 0.1) is 17.3 Å². The Kier molecular flexibility index (Phi) is 4.89. The standard InChI is InChI=1S/C15H27N3O2/c1-11-9-15(10-11,13(16)18-20)14(19)17-8-4-7-12-5-2-3-6-12/h11-12,20H,2-10H2,1H3,(H2,16,18)(H,17,19). The molecule has 5 nitrogen and oxygen atoms in total. The third-order valence-electron chi connectivity index (χ3n) is 4.98. The number of hydrogen-bond donors (Lipinski definition) is 3. The number of hydrogen-bond acceptors (Lipinski definition) is 3. The van der Waals surface area contributed by atoms with E-state index in [9.17, 15) is 4.79 Å². The van der Waals surface area contributed by atoms with E-state index in [4.69, 9.17) is 10.9 Å². The van der Waals surface area contributed by atoms with E-state index in [0.717, 1.165) is 12.3 Å². The lowest BCUT2D eigenvalue weighted by Crippen LogP contribution is -2.56. The van der Waals surface area contributed by atoms with Crippen molar-refractivity contribution >= 4 is 11.7 Å². The van der Waals surface area contributed by atoms with E-state index in [1.165, 1.54) is 32.1 Å². The van der Waals surface area contributed by atoms with Crippen molar-refractivity contribution in [3.05, 3.63) is 0 Å². The van der Waals surface area contributed by atoms with Crippen LogP contribution in [0.5, 0.6) is 0 Å². The van der Waals surface area contributed by atoms with E-state index in [-0.39, 0.29) is 11.7 Å². The number of nitrogens with two attached hydrogens (primary N) is 1. The predicted molar refractivity (Wildman–Crippen MR) is 78.4 cm³/mol. The quantitative estimate of drug-likeness (QED) is 0.229. The van der Waals surface area contributed by atoms with Crippen molar-refractivity contribution in [2.45, 2.75) is 58.3 Å². The van der Waals surface area contributed by atoms with Gasteiger partial charge < -0.3 is 16.3 Å². The van der Waals surface area contributed by atoms with Gasteiger partial charge in [-0.3, -0.25) is 4.79 Å². The van der Waals surface area contributed by atoms with Crippen molar-refractivity contribution in [1.82, 2.24) is 5.32 Å². The Hall–Kier alpha value is -1.26. The molecule has 0 saturated heterocycles. The summed E-state index contributed by atoms with van der Waals surface area (Å²) < 4.78 is 0. The summed E-state index contributed by atoms with van der Waals surface area (Å²) in [7, 11) is 0. The number of rotatable bonds is 6. The van der Waals surface area contributed by atoms with E-state index in [1.54, 1.807) is 0 Å². The first-order chi connectivity index (χ1) is 9.58. The Morgan fingerprint density at radius 1 is 1.40 bits per heavy atom. The molecule has 0 spiro atoms. The number of carbonyl (C=O) groups excluding carboxylic acids is 1. The molecule has 0 unspecified atom stereocenters. The molecule has 2 rings (SSSR count). The molecule has 5 heteroatoms. The molecule has 0 atom stereocenters. The first-order valence-corrected chi connectivity index (χ1v) is 7.85. The summed E-state index contributed by atoms with van der Waals surface area (Å²) in [5.74, 6) is 1.30. The van der Waals surface area contributed by atoms with Crippen LogP contribution in [-0.2, 0) is 4.79 Å². The fourth-order valence-corrected chi connectivity index (χ4v) is 3.80. The molecule has 0 heterocycles. The minimum atomic E-state index is -0.762. The van der Waals surface area contributed by atoms with Crippen LogP contribution < -0.4 is 11.1 Å². The lowest BCUT2D eigenvalue weighted by molar-refractivity contribution is -0.133. The Bertz CT molecular complexity index is 369. The lowest BCUT2D eigenvalue weighted by Gasteiger charge is -2.43. The van der Waals surface area contributed by atoms with E-state index in [2.05, 4.69) is 17.4 Å². The average molecular weight is 281 g/mol. The zero-order chi connectivity index (χ0) is 14.6. The van der Waals surface area contributed by atoms with Gasteiger partial charge in [0.05, 0.1) is 0 Å². The number of nitrogens with one attached hydrogen (secondary N) is 1. The normalized spacial score (nSPS) is 31.1. The van der Waals surface area contributed by atoms with E-state index >= 15 is 0 Å². The Morgan fingerprint density at radius 3 is 2.60 bits per heavy atom. The highest BCUT2D eigenvalue weighted by molar-refractivity contribution is 6.07. The maximum Gasteiger partial charge on any atom is 0.233 e. The predicted octanol–water partition coefficient (Wildman–Crippen LogP) is 2.24. The maximum atomic E-state index is 12.3. The molecule has 0 aliphatic heterocycles. The van der Waals surface area contributed by atoms with Crippen molar-refractivity contribution in [3.8, 4) is 0 Å². The molecule has 2 aliphatic carbocycles. The van der Waals surface area contributed by atoms with Gasteiger partial charge in [0.2, 0.25) is 5.91 Å². The highest BCUT2D eigenvalue weighted by Crippen LogP contribution is 2.45. The summed E-state index contributed by atoms with van der Waals surface area (Å²) in [6, 6.07) is 0. The number of nitrogens with zero attached hydrogens (tertiary/aromatic N) is 1. The molecular formula is C15H27N3O2. The van der Waals surface area contributed by atoms with Crippen LogP contribution in [-0.4, -0.2) is 23.5 Å². The van der Waals surface area contributed by atoms with Gasteiger partial charge in [-0.2, -0.15) is 0 Å². The number of amidine groups is 1. The summed E-state index contributed by atoms with van der Waals surface area (Å²) in [6.45, 7) is 2.78. The minimum Gasteiger partial charge on any atom is -0.409 e. The summed E-state index contributed by atoms with van der Waals surface area (Å²) in [4.78, 5) is 12.3. The van der Waals surface area contributed by atoms with E-state index in [0.29, 0.717) is 25.3 Å². The number of oxime groups is 1. The first kappa shape index (κ1) is 15.1. The number of amides is 1. The second kappa shape index (κ2) is 6.46. The van der Waals surface area contributed by atoms with E-state index in [1.807, 2.05) is 0 Å². The molecule has 0 aromatic carbocycles. The Morgan fingerprint density at radius 2 is 2.05 bits per heavy atom. The van der Waals surface area contributed by atoms with Gasteiger partial charge in [-0.15, -0.1) is 0 Å². The van der Waals surface area contributed by atoms with Crippen LogP contribution in [0.25, 0.3) is 0 Å². The molecule has 0 aromatic heterocycles. The molecule has 114 valence electrons. The first-order valence-electron chi connectivity index (χ1n) is 7.85. The highest BCUT2D eigenvalue weighted by Gasteiger charge is 2.51. The summed E-state index contributed by atoms with van der Waals surface area (Å²) in [5.41, 5.74) is 4.96. The van der Waals surface area contributed by atoms with Gasteiger partial charge >= 0.3 is 0 Å². The third-order valence-corrected chi connectivity index (χ3v) is 4.98. The van der Waals surface area contributed by atoms with Crippen LogP contribution in [0.3, 0.4) is 0 Å². The third kappa shape index (κ3) is 3.07. The number of carbonyl (C=O) groups is 1. The molecule has 1 amide bonds. The fraction of sp³-hybridized carbons (Fsp3) is 0.867. The van der Waals surface area contributed by atoms with Gasteiger partial charge in [-0.1, -0.05) is 37.8 Å². The smallest absolute Gasteiger partial charge is 0.233 e. The van der Waals surface area contributed by atoms with Crippen LogP contribution in [0.1, 0.15) is 58.3 Å². The maximum absolute atomic E-state index is 12.3. The molecule has 4 N–H and O–H groups in total. The topological polar surface area (TPSA) is 87.7 Å². The van der Waals surface area contributed by atoms with Crippen molar-refractivity contribution in [2.75, 3.05) is 6.54 Å². The lowest BCUT2D eigenvalue weighted by atomic mass is 9.61. The van der Waals surface area contributed by atoms with Gasteiger partial charge in [-0.25, -0.2) is 0 Å². The van der Waals surface area contributed by atoms with Crippen LogP contribution in [0.4, 0.5) is 0 Å². The summed E-state index contributed by atoms with van der Waals surface area (Å²) in [5, 5.41) is 14.9. The molecular weight excluding hydrogens is 254 g/mol. The van der Waals surface area contributed by atoms with Crippen molar-refractivity contribution in [3.63, 3.8) is 0 Å². The van der Waals surface area contributed by atoms with E-state index < -0.39 is 5.41 Å². The largest absolute Gasteiger partial charge is 0.409 e. The zero-order valence-electron chi connectivity index (χ0n) is 12.4. The van der Waals surface area contributed by atoms with Crippen LogP contribution in [0.15, 0.2) is 5.16 Å². The highest BCUT2D eigenvalue weighted by atomic mass is 16.4. The second-order valence-electron chi connectivity index (χ2n) is 6.63. The molecule has 0 radical (unpaired) electrons. The molecule has 20 heavy (non-hydrogen) atoms. The summed E-state index contributed by atoms with van der Waals surface area (Å²) >= 11 is 0. The zero-order valence-corrected chi connectivity index (χ0v) is 12.4. The average Bonchev–Trinajstić information content (AvgIpc) is 2.91. The van der Waals surface area contributed by atoms with Crippen molar-refractivity contribution < 1.29 is 10.0 Å². The van der Waals surface area contributed by atoms with Crippen molar-refractivity contribution in [2.24, 2.45) is 28.1 Å². The molecule has 2 fully saturated rings. The fourth-order valence-electron chi connectivity index (χ4n) is 3.80. The molecule has 2 saturated carbocycles. The van der Waals surface area contributed by atoms with Crippen LogP contribution in [0.2, 0.25) is 0 Å². The summed E-state index contributed by atoms with van der Waals surface area (Å²) in [6.07, 6.45) is 9.00. The molecule has 0 bridgehead atoms. The van der Waals surface area contributed by atoms with Gasteiger partial charge in [0.25, 0.3) is 0 Å². The van der Waals surface area contributed by atoms with Crippen molar-refractivity contribution in [1.29, 1.82) is 0 Å². The minimum absolute atomic E-state index is 0.0592. The molecule has 2 aliphatic rings. The van der Waals surface area contributed by atoms with Gasteiger partial charge in [0, 0.05) is 6.54 Å². The van der Waals surface area contributed by atoms with Crippen LogP contribution >= 0.6 is 0 Å². The monoisotopic (exact) mass is 281 g/mol. The second-order valence-corrected chi connectivity index (χ2v) is 6.63. The Balaban J connectivity index is 1.75.